The third-order valence-electron chi connectivity index (χ3n) is 0.993. The Kier molecular flexibility index (Phi) is 18.9. The fourth-order valence-corrected chi connectivity index (χ4v) is 0.470. The second-order valence-corrected chi connectivity index (χ2v) is 2.24. The maximum Gasteiger partial charge on any atom is 0.507 e. The van der Waals surface area contributed by atoms with Gasteiger partial charge in [0.1, 0.15) is 13.2 Å². The molecule has 0 amide bonds. The van der Waals surface area contributed by atoms with Crippen LogP contribution in [0.15, 0.2) is 0 Å². The first-order valence-corrected chi connectivity index (χ1v) is 4.69. The van der Waals surface area contributed by atoms with Crippen LogP contribution in [0, 0.1) is 0 Å². The van der Waals surface area contributed by atoms with Crippen LogP contribution >= 0.6 is 0 Å². The topological polar surface area (TPSA) is 135 Å². The number of aliphatic hydroxyl groups excluding tert-OH is 3. The van der Waals surface area contributed by atoms with E-state index in [2.05, 4.69) is 14.5 Å². The van der Waals surface area contributed by atoms with E-state index in [0.29, 0.717) is 19.8 Å². The van der Waals surface area contributed by atoms with Crippen LogP contribution in [0.5, 0.6) is 0 Å². The summed E-state index contributed by atoms with van der Waals surface area (Å²) in [4.78, 5) is 18.2. The third-order valence-corrected chi connectivity index (χ3v) is 0.993. The Balaban J connectivity index is 0. The first kappa shape index (κ1) is 18.4. The first-order valence-electron chi connectivity index (χ1n) is 4.69. The van der Waals surface area contributed by atoms with Crippen molar-refractivity contribution in [1.29, 1.82) is 0 Å². The van der Waals surface area contributed by atoms with E-state index in [1.165, 1.54) is 0 Å². The molecule has 9 nitrogen and oxygen atoms in total. The predicted octanol–water partition coefficient (Wildman–Crippen LogP) is -1.43. The summed E-state index contributed by atoms with van der Waals surface area (Å²) in [6.45, 7) is 0.347. The van der Waals surface area contributed by atoms with E-state index >= 15 is 0 Å². The Morgan fingerprint density at radius 3 is 1.88 bits per heavy atom. The fraction of sp³-hybridized carbons (Fsp3) is 0.875. The van der Waals surface area contributed by atoms with Crippen molar-refractivity contribution in [2.24, 2.45) is 0 Å². The maximum atomic E-state index is 9.22. The van der Waals surface area contributed by atoms with Gasteiger partial charge in [0.25, 0.3) is 0 Å². The lowest BCUT2D eigenvalue weighted by Gasteiger charge is -2.02. The molecule has 0 saturated carbocycles. The molecule has 0 aliphatic carbocycles. The highest BCUT2D eigenvalue weighted by molar-refractivity contribution is 5.56. The summed E-state index contributed by atoms with van der Waals surface area (Å²) in [5, 5.41) is 31.7. The molecule has 0 radical (unpaired) electrons. The van der Waals surface area contributed by atoms with Gasteiger partial charge >= 0.3 is 6.16 Å². The van der Waals surface area contributed by atoms with Crippen molar-refractivity contribution in [2.45, 2.75) is 0 Å². The molecule has 0 aromatic heterocycles. The summed E-state index contributed by atoms with van der Waals surface area (Å²) in [5.41, 5.74) is 0. The van der Waals surface area contributed by atoms with E-state index in [0.717, 1.165) is 0 Å². The quantitative estimate of drug-likeness (QED) is 0.129. The number of carbonyl (C=O) groups is 1. The third kappa shape index (κ3) is 25.4. The summed E-state index contributed by atoms with van der Waals surface area (Å²) in [6, 6.07) is 0. The standard InChI is InChI=1S/C6H14O5.C2H4O4/c7-1-3-9-5-6-11-10-4-2-8;3-1-6-2(4)5/h7-8H,1-6H2;3H,1H2,(H,4,5). The van der Waals surface area contributed by atoms with Crippen molar-refractivity contribution >= 4 is 6.16 Å². The monoisotopic (exact) mass is 258 g/mol. The number of rotatable bonds is 9. The van der Waals surface area contributed by atoms with Gasteiger partial charge in [-0.2, -0.15) is 0 Å². The van der Waals surface area contributed by atoms with E-state index < -0.39 is 12.9 Å². The van der Waals surface area contributed by atoms with Crippen LogP contribution in [0.1, 0.15) is 0 Å². The van der Waals surface area contributed by atoms with Gasteiger partial charge in [0.2, 0.25) is 0 Å². The molecule has 0 rings (SSSR count). The van der Waals surface area contributed by atoms with E-state index in [4.69, 9.17) is 25.2 Å². The summed E-state index contributed by atoms with van der Waals surface area (Å²) in [5.74, 6) is 0. The molecule has 0 unspecified atom stereocenters. The summed E-state index contributed by atoms with van der Waals surface area (Å²) in [7, 11) is 0. The Hall–Kier alpha value is -0.970. The van der Waals surface area contributed by atoms with Gasteiger partial charge < -0.3 is 29.9 Å². The lowest BCUT2D eigenvalue weighted by Crippen LogP contribution is -2.09. The molecule has 0 fully saturated rings. The largest absolute Gasteiger partial charge is 0.507 e. The van der Waals surface area contributed by atoms with Gasteiger partial charge in [-0.15, -0.1) is 0 Å². The average Bonchev–Trinajstić information content (AvgIpc) is 2.29. The second-order valence-electron chi connectivity index (χ2n) is 2.24. The fourth-order valence-electron chi connectivity index (χ4n) is 0.470. The van der Waals surface area contributed by atoms with Gasteiger partial charge in [0, 0.05) is 0 Å². The molecular formula is C8H18O9. The minimum atomic E-state index is -1.46. The van der Waals surface area contributed by atoms with Crippen molar-refractivity contribution < 1.29 is 44.5 Å². The Morgan fingerprint density at radius 1 is 0.882 bits per heavy atom. The predicted molar refractivity (Wildman–Crippen MR) is 53.1 cm³/mol. The van der Waals surface area contributed by atoms with Crippen LogP contribution in [0.3, 0.4) is 0 Å². The van der Waals surface area contributed by atoms with E-state index in [9.17, 15) is 4.79 Å². The molecule has 4 N–H and O–H groups in total. The van der Waals surface area contributed by atoms with E-state index in [-0.39, 0.29) is 19.8 Å². The van der Waals surface area contributed by atoms with Crippen LogP contribution in [-0.2, 0) is 19.2 Å². The SMILES string of the molecule is O=C(O)OCO.OCCOCCOOCCO. The highest BCUT2D eigenvalue weighted by atomic mass is 17.2. The number of hydrogen-bond acceptors (Lipinski definition) is 8. The summed E-state index contributed by atoms with van der Waals surface area (Å²) in [6.07, 6.45) is -1.46. The normalized spacial score (nSPS) is 9.35. The van der Waals surface area contributed by atoms with Crippen molar-refractivity contribution in [3.8, 4) is 0 Å². The summed E-state index contributed by atoms with van der Waals surface area (Å²) < 4.78 is 8.36. The van der Waals surface area contributed by atoms with Gasteiger partial charge in [-0.05, 0) is 0 Å². The molecule has 17 heavy (non-hydrogen) atoms. The van der Waals surface area contributed by atoms with Crippen LogP contribution < -0.4 is 0 Å². The number of aliphatic hydroxyl groups is 3. The molecule has 0 atom stereocenters. The van der Waals surface area contributed by atoms with Crippen LogP contribution in [0.2, 0.25) is 0 Å². The number of hydrogen-bond donors (Lipinski definition) is 4. The molecule has 0 heterocycles. The zero-order valence-corrected chi connectivity index (χ0v) is 9.28. The zero-order chi connectivity index (χ0) is 13.4. The van der Waals surface area contributed by atoms with Crippen molar-refractivity contribution in [2.75, 3.05) is 46.4 Å². The molecule has 0 saturated heterocycles. The number of carboxylic acid groups (broad SMARTS) is 1. The molecule has 104 valence electrons. The van der Waals surface area contributed by atoms with Gasteiger partial charge in [-0.1, -0.05) is 0 Å². The second kappa shape index (κ2) is 17.4. The lowest BCUT2D eigenvalue weighted by atomic mass is 10.7. The highest BCUT2D eigenvalue weighted by Crippen LogP contribution is 1.79. The van der Waals surface area contributed by atoms with Crippen LogP contribution in [-0.4, -0.2) is 73.0 Å². The minimum absolute atomic E-state index is 0.0114. The molecule has 0 aromatic carbocycles. The Morgan fingerprint density at radius 2 is 1.47 bits per heavy atom. The maximum absolute atomic E-state index is 9.22. The molecule has 0 aliphatic rings. The smallest absolute Gasteiger partial charge is 0.450 e. The van der Waals surface area contributed by atoms with Gasteiger partial charge in [-0.3, -0.25) is 0 Å². The van der Waals surface area contributed by atoms with Crippen molar-refractivity contribution in [1.82, 2.24) is 0 Å². The minimum Gasteiger partial charge on any atom is -0.450 e. The van der Waals surface area contributed by atoms with Crippen LogP contribution in [0.25, 0.3) is 0 Å². The Labute approximate surface area is 98.0 Å². The molecular weight excluding hydrogens is 240 g/mol. The molecule has 0 spiro atoms. The van der Waals surface area contributed by atoms with Gasteiger partial charge in [-0.25, -0.2) is 14.6 Å². The van der Waals surface area contributed by atoms with E-state index in [1.54, 1.807) is 0 Å². The Bertz CT molecular complexity index is 144. The number of ether oxygens (including phenoxy) is 2. The molecule has 9 heteroatoms. The molecule has 0 bridgehead atoms. The lowest BCUT2D eigenvalue weighted by molar-refractivity contribution is -0.302. The van der Waals surface area contributed by atoms with Crippen molar-refractivity contribution in [3.05, 3.63) is 0 Å². The van der Waals surface area contributed by atoms with Gasteiger partial charge in [0.05, 0.1) is 26.4 Å². The molecule has 0 aliphatic heterocycles. The first-order chi connectivity index (χ1) is 8.18. The van der Waals surface area contributed by atoms with E-state index in [1.807, 2.05) is 0 Å². The zero-order valence-electron chi connectivity index (χ0n) is 9.28. The van der Waals surface area contributed by atoms with Crippen molar-refractivity contribution in [3.63, 3.8) is 0 Å². The highest BCUT2D eigenvalue weighted by Gasteiger charge is 1.88. The van der Waals surface area contributed by atoms with Gasteiger partial charge in [0.15, 0.2) is 6.79 Å². The summed E-state index contributed by atoms with van der Waals surface area (Å²) >= 11 is 0. The molecule has 0 aromatic rings. The van der Waals surface area contributed by atoms with Crippen LogP contribution in [0.4, 0.5) is 4.79 Å². The average molecular weight is 258 g/mol.